The number of esters is 1. The van der Waals surface area contributed by atoms with Crippen LogP contribution >= 0.6 is 11.3 Å². The molecule has 2 aromatic heterocycles. The van der Waals surface area contributed by atoms with Crippen molar-refractivity contribution < 1.29 is 23.9 Å². The fourth-order valence-electron chi connectivity index (χ4n) is 3.55. The van der Waals surface area contributed by atoms with Crippen molar-refractivity contribution in [1.82, 2.24) is 15.3 Å². The summed E-state index contributed by atoms with van der Waals surface area (Å²) < 4.78 is 10.1. The van der Waals surface area contributed by atoms with Gasteiger partial charge in [-0.25, -0.2) is 9.78 Å². The van der Waals surface area contributed by atoms with Crippen LogP contribution in [0, 0.1) is 0 Å². The monoisotopic (exact) mass is 520 g/mol. The second kappa shape index (κ2) is 11.5. The molecular weight excluding hydrogens is 496 g/mol. The first-order valence-electron chi connectivity index (χ1n) is 11.4. The zero-order valence-corrected chi connectivity index (χ0v) is 20.9. The molecule has 2 aromatic carbocycles. The number of hydrogen-bond acceptors (Lipinski definition) is 8. The Morgan fingerprint density at radius 1 is 1.08 bits per heavy atom. The summed E-state index contributed by atoms with van der Waals surface area (Å²) in [5.41, 5.74) is 1.69. The van der Waals surface area contributed by atoms with Crippen molar-refractivity contribution in [2.45, 2.75) is 19.9 Å². The number of anilines is 1. The highest BCUT2D eigenvalue weighted by molar-refractivity contribution is 7.17. The number of fused-ring (bicyclic) bond motifs is 1. The number of methoxy groups -OCH3 is 1. The van der Waals surface area contributed by atoms with Crippen molar-refractivity contribution in [3.05, 3.63) is 86.8 Å². The quantitative estimate of drug-likeness (QED) is 0.288. The van der Waals surface area contributed by atoms with Crippen LogP contribution in [0.4, 0.5) is 5.69 Å². The number of nitrogens with one attached hydrogen (secondary N) is 3. The molecule has 0 aliphatic heterocycles. The lowest BCUT2D eigenvalue weighted by atomic mass is 10.1. The number of benzene rings is 2. The van der Waals surface area contributed by atoms with E-state index in [0.717, 1.165) is 16.9 Å². The second-order valence-electron chi connectivity index (χ2n) is 7.92. The molecule has 2 heterocycles. The molecule has 4 rings (SSSR count). The van der Waals surface area contributed by atoms with E-state index < -0.39 is 17.4 Å². The lowest BCUT2D eigenvalue weighted by molar-refractivity contribution is -0.115. The first-order chi connectivity index (χ1) is 17.9. The van der Waals surface area contributed by atoms with Gasteiger partial charge in [-0.3, -0.25) is 14.4 Å². The molecule has 0 atom stereocenters. The van der Waals surface area contributed by atoms with Crippen LogP contribution in [-0.4, -0.2) is 41.5 Å². The van der Waals surface area contributed by atoms with Crippen LogP contribution < -0.4 is 20.9 Å². The van der Waals surface area contributed by atoms with Crippen LogP contribution in [0.15, 0.2) is 58.7 Å². The summed E-state index contributed by atoms with van der Waals surface area (Å²) in [5, 5.41) is 7.25. The Morgan fingerprint density at radius 2 is 1.86 bits per heavy atom. The third-order valence-corrected chi connectivity index (χ3v) is 6.22. The number of carbonyl (C=O) groups excluding carboxylic acids is 3. The summed E-state index contributed by atoms with van der Waals surface area (Å²) in [6.07, 6.45) is 0.0382. The van der Waals surface area contributed by atoms with Crippen LogP contribution in [0.1, 0.15) is 39.0 Å². The summed E-state index contributed by atoms with van der Waals surface area (Å²) in [4.78, 5) is 56.8. The molecule has 2 amide bonds. The van der Waals surface area contributed by atoms with Crippen LogP contribution in [0.2, 0.25) is 0 Å². The van der Waals surface area contributed by atoms with Crippen LogP contribution in [0.25, 0.3) is 10.2 Å². The summed E-state index contributed by atoms with van der Waals surface area (Å²) >= 11 is 1.14. The third-order valence-electron chi connectivity index (χ3n) is 5.35. The van der Waals surface area contributed by atoms with Gasteiger partial charge in [0.25, 0.3) is 11.5 Å². The number of H-pyrrole nitrogens is 1. The van der Waals surface area contributed by atoms with E-state index in [9.17, 15) is 19.2 Å². The SMILES string of the molecule is CCOC(=O)c1ccc(CC(=O)Nc2csc3nc(C(=O)NCc4cccc(OC)c4)[nH]c(=O)c23)cc1. The van der Waals surface area contributed by atoms with Crippen LogP contribution in [0.3, 0.4) is 0 Å². The molecular formula is C26H24N4O6S. The standard InChI is InChI=1S/C26H24N4O6S/c1-3-36-26(34)17-9-7-15(8-10-17)12-20(31)28-19-14-37-25-21(19)23(32)29-22(30-25)24(33)27-13-16-5-4-6-18(11-16)35-2/h4-11,14H,3,12-13H2,1-2H3,(H,27,33)(H,28,31)(H,29,30,32). The maximum absolute atomic E-state index is 12.8. The predicted molar refractivity (Wildman–Crippen MR) is 139 cm³/mol. The average Bonchev–Trinajstić information content (AvgIpc) is 3.30. The highest BCUT2D eigenvalue weighted by Crippen LogP contribution is 2.26. The normalized spacial score (nSPS) is 10.6. The Morgan fingerprint density at radius 3 is 2.59 bits per heavy atom. The topological polar surface area (TPSA) is 139 Å². The minimum Gasteiger partial charge on any atom is -0.497 e. The van der Waals surface area contributed by atoms with Crippen LogP contribution in [0.5, 0.6) is 5.75 Å². The molecule has 0 fully saturated rings. The second-order valence-corrected chi connectivity index (χ2v) is 8.78. The maximum atomic E-state index is 12.8. The van der Waals surface area contributed by atoms with E-state index in [0.29, 0.717) is 27.4 Å². The van der Waals surface area contributed by atoms with Crippen molar-refractivity contribution in [2.75, 3.05) is 19.0 Å². The van der Waals surface area contributed by atoms with Gasteiger partial charge in [0.05, 0.1) is 31.4 Å². The number of carbonyl (C=O) groups is 3. The summed E-state index contributed by atoms with van der Waals surface area (Å²) in [6.45, 7) is 2.23. The Balaban J connectivity index is 1.42. The summed E-state index contributed by atoms with van der Waals surface area (Å²) in [5.74, 6) is -0.762. The largest absolute Gasteiger partial charge is 0.497 e. The number of nitrogens with zero attached hydrogens (tertiary/aromatic N) is 1. The lowest BCUT2D eigenvalue weighted by Gasteiger charge is -2.07. The Kier molecular flexibility index (Phi) is 7.94. The van der Waals surface area contributed by atoms with E-state index in [1.165, 1.54) is 0 Å². The predicted octanol–water partition coefficient (Wildman–Crippen LogP) is 3.28. The highest BCUT2D eigenvalue weighted by atomic mass is 32.1. The van der Waals surface area contributed by atoms with E-state index in [1.54, 1.807) is 55.8 Å². The number of thiophene rings is 1. The molecule has 0 aliphatic rings. The molecule has 0 spiro atoms. The van der Waals surface area contributed by atoms with Crippen LogP contribution in [-0.2, 0) is 22.5 Å². The van der Waals surface area contributed by atoms with Gasteiger partial charge in [-0.1, -0.05) is 24.3 Å². The Labute approximate surface area is 215 Å². The maximum Gasteiger partial charge on any atom is 0.338 e. The minimum absolute atomic E-state index is 0.0382. The smallest absolute Gasteiger partial charge is 0.338 e. The molecule has 37 heavy (non-hydrogen) atoms. The van der Waals surface area contributed by atoms with Crippen molar-refractivity contribution >= 4 is 45.0 Å². The fraction of sp³-hybridized carbons (Fsp3) is 0.192. The van der Waals surface area contributed by atoms with Gasteiger partial charge >= 0.3 is 5.97 Å². The first-order valence-corrected chi connectivity index (χ1v) is 12.2. The molecule has 11 heteroatoms. The number of aromatic amines is 1. The summed E-state index contributed by atoms with van der Waals surface area (Å²) in [6, 6.07) is 13.8. The zero-order valence-electron chi connectivity index (χ0n) is 20.1. The number of hydrogen-bond donors (Lipinski definition) is 3. The van der Waals surface area contributed by atoms with E-state index >= 15 is 0 Å². The van der Waals surface area contributed by atoms with E-state index in [1.807, 2.05) is 12.1 Å². The zero-order chi connectivity index (χ0) is 26.4. The number of ether oxygens (including phenoxy) is 2. The average molecular weight is 521 g/mol. The minimum atomic E-state index is -0.535. The van der Waals surface area contributed by atoms with Crippen molar-refractivity contribution in [3.8, 4) is 5.75 Å². The third kappa shape index (κ3) is 6.19. The molecule has 0 bridgehead atoms. The van der Waals surface area contributed by atoms with Crippen molar-refractivity contribution in [1.29, 1.82) is 0 Å². The van der Waals surface area contributed by atoms with Crippen molar-refractivity contribution in [2.24, 2.45) is 0 Å². The summed E-state index contributed by atoms with van der Waals surface area (Å²) in [7, 11) is 1.56. The molecule has 0 saturated carbocycles. The number of rotatable bonds is 9. The first kappa shape index (κ1) is 25.6. The van der Waals surface area contributed by atoms with E-state index in [4.69, 9.17) is 9.47 Å². The Hall–Kier alpha value is -4.51. The van der Waals surface area contributed by atoms with Gasteiger partial charge in [0, 0.05) is 11.9 Å². The van der Waals surface area contributed by atoms with Gasteiger partial charge in [-0.05, 0) is 42.3 Å². The highest BCUT2D eigenvalue weighted by Gasteiger charge is 2.17. The van der Waals surface area contributed by atoms with E-state index in [2.05, 4.69) is 20.6 Å². The molecule has 4 aromatic rings. The van der Waals surface area contributed by atoms with Gasteiger partial charge in [-0.15, -0.1) is 11.3 Å². The molecule has 190 valence electrons. The molecule has 0 radical (unpaired) electrons. The number of amides is 2. The number of aromatic nitrogens is 2. The Bertz CT molecular complexity index is 1510. The molecule has 3 N–H and O–H groups in total. The molecule has 0 unspecified atom stereocenters. The molecule has 10 nitrogen and oxygen atoms in total. The van der Waals surface area contributed by atoms with E-state index in [-0.39, 0.29) is 36.7 Å². The lowest BCUT2D eigenvalue weighted by Crippen LogP contribution is -2.27. The molecule has 0 aliphatic carbocycles. The van der Waals surface area contributed by atoms with Gasteiger partial charge in [0.1, 0.15) is 16.0 Å². The van der Waals surface area contributed by atoms with Gasteiger partial charge in [0.15, 0.2) is 0 Å². The molecule has 0 saturated heterocycles. The van der Waals surface area contributed by atoms with Gasteiger partial charge in [-0.2, -0.15) is 0 Å². The fourth-order valence-corrected chi connectivity index (χ4v) is 4.42. The van der Waals surface area contributed by atoms with Gasteiger partial charge in [0.2, 0.25) is 11.7 Å². The van der Waals surface area contributed by atoms with Crippen molar-refractivity contribution in [3.63, 3.8) is 0 Å². The van der Waals surface area contributed by atoms with Gasteiger partial charge < -0.3 is 25.1 Å².